The Bertz CT molecular complexity index is 578. The topological polar surface area (TPSA) is 52.7 Å². The quantitative estimate of drug-likeness (QED) is 0.868. The van der Waals surface area contributed by atoms with Gasteiger partial charge in [0.1, 0.15) is 0 Å². The van der Waals surface area contributed by atoms with Gasteiger partial charge < -0.3 is 10.2 Å². The molecule has 2 aliphatic rings. The summed E-state index contributed by atoms with van der Waals surface area (Å²) in [6, 6.07) is 7.71. The van der Waals surface area contributed by atoms with Crippen LogP contribution >= 0.6 is 15.9 Å². The zero-order valence-corrected chi connectivity index (χ0v) is 14.9. The van der Waals surface area contributed by atoms with E-state index in [0.29, 0.717) is 24.7 Å². The van der Waals surface area contributed by atoms with Crippen molar-refractivity contribution >= 4 is 27.7 Å². The summed E-state index contributed by atoms with van der Waals surface area (Å²) in [7, 11) is 0. The van der Waals surface area contributed by atoms with E-state index in [4.69, 9.17) is 0 Å². The minimum atomic E-state index is -0.125. The molecule has 1 aliphatic carbocycles. The normalized spacial score (nSPS) is 20.2. The summed E-state index contributed by atoms with van der Waals surface area (Å²) in [4.78, 5) is 28.6. The Morgan fingerprint density at radius 1 is 1.13 bits per heavy atom. The van der Waals surface area contributed by atoms with Gasteiger partial charge in [-0.3, -0.25) is 14.5 Å². The molecule has 1 saturated carbocycles. The van der Waals surface area contributed by atoms with Crippen LogP contribution in [0.5, 0.6) is 0 Å². The smallest absolute Gasteiger partial charge is 0.253 e. The summed E-state index contributed by atoms with van der Waals surface area (Å²) in [6.07, 6.45) is 2.21. The van der Waals surface area contributed by atoms with Crippen molar-refractivity contribution < 1.29 is 9.59 Å². The molecule has 2 amide bonds. The minimum Gasteiger partial charge on any atom is -0.352 e. The Hall–Kier alpha value is -1.40. The number of nitrogens with one attached hydrogen (secondary N) is 1. The number of amides is 2. The third kappa shape index (κ3) is 4.12. The van der Waals surface area contributed by atoms with Crippen molar-refractivity contribution in [2.75, 3.05) is 26.2 Å². The van der Waals surface area contributed by atoms with Crippen LogP contribution < -0.4 is 5.32 Å². The number of hydrogen-bond acceptors (Lipinski definition) is 3. The highest BCUT2D eigenvalue weighted by atomic mass is 79.9. The number of benzene rings is 1. The lowest BCUT2D eigenvalue weighted by molar-refractivity contribution is -0.126. The Balaban J connectivity index is 1.52. The Kier molecular flexibility index (Phi) is 5.02. The first kappa shape index (κ1) is 16.5. The maximum absolute atomic E-state index is 12.5. The first-order valence-electron chi connectivity index (χ1n) is 8.14. The number of hydrogen-bond donors (Lipinski definition) is 1. The second-order valence-corrected chi connectivity index (χ2v) is 7.21. The molecule has 0 bridgehead atoms. The lowest BCUT2D eigenvalue weighted by atomic mass is 10.1. The molecule has 6 heteroatoms. The summed E-state index contributed by atoms with van der Waals surface area (Å²) in [5.41, 5.74) is 0.709. The fourth-order valence-corrected chi connectivity index (χ4v) is 3.07. The molecule has 23 heavy (non-hydrogen) atoms. The van der Waals surface area contributed by atoms with E-state index in [2.05, 4.69) is 26.1 Å². The van der Waals surface area contributed by atoms with Gasteiger partial charge in [0.05, 0.1) is 6.04 Å². The molecule has 1 unspecified atom stereocenters. The van der Waals surface area contributed by atoms with E-state index in [9.17, 15) is 9.59 Å². The third-order valence-electron chi connectivity index (χ3n) is 4.54. The van der Waals surface area contributed by atoms with E-state index >= 15 is 0 Å². The highest BCUT2D eigenvalue weighted by Crippen LogP contribution is 2.19. The van der Waals surface area contributed by atoms with E-state index in [1.165, 1.54) is 0 Å². The maximum atomic E-state index is 12.5. The largest absolute Gasteiger partial charge is 0.352 e. The summed E-state index contributed by atoms with van der Waals surface area (Å²) in [6.45, 7) is 4.75. The SMILES string of the molecule is CC(C(=O)NC1CC1)N1CCN(C(=O)c2ccc(Br)cc2)CC1. The van der Waals surface area contributed by atoms with Gasteiger partial charge in [0, 0.05) is 42.3 Å². The van der Waals surface area contributed by atoms with Crippen LogP contribution in [0.25, 0.3) is 0 Å². The number of piperazine rings is 1. The zero-order valence-electron chi connectivity index (χ0n) is 13.3. The van der Waals surface area contributed by atoms with E-state index in [1.54, 1.807) is 0 Å². The third-order valence-corrected chi connectivity index (χ3v) is 5.07. The van der Waals surface area contributed by atoms with E-state index in [0.717, 1.165) is 30.4 Å². The summed E-state index contributed by atoms with van der Waals surface area (Å²) in [5.74, 6) is 0.174. The molecule has 1 N–H and O–H groups in total. The van der Waals surface area contributed by atoms with Gasteiger partial charge in [-0.1, -0.05) is 15.9 Å². The van der Waals surface area contributed by atoms with Crippen LogP contribution in [0.1, 0.15) is 30.1 Å². The molecule has 0 spiro atoms. The number of halogens is 1. The lowest BCUT2D eigenvalue weighted by Crippen LogP contribution is -2.55. The highest BCUT2D eigenvalue weighted by Gasteiger charge is 2.31. The Morgan fingerprint density at radius 2 is 1.74 bits per heavy atom. The molecule has 124 valence electrons. The molecule has 0 aromatic heterocycles. The molecule has 1 atom stereocenters. The molecule has 0 radical (unpaired) electrons. The van der Waals surface area contributed by atoms with Crippen molar-refractivity contribution in [1.29, 1.82) is 0 Å². The van der Waals surface area contributed by atoms with Gasteiger partial charge in [-0.2, -0.15) is 0 Å². The molecule has 1 aromatic rings. The van der Waals surface area contributed by atoms with Gasteiger partial charge in [0.25, 0.3) is 5.91 Å². The number of carbonyl (C=O) groups is 2. The number of rotatable bonds is 4. The van der Waals surface area contributed by atoms with Crippen molar-refractivity contribution in [2.45, 2.75) is 31.8 Å². The molecule has 3 rings (SSSR count). The molecule has 1 saturated heterocycles. The second kappa shape index (κ2) is 7.01. The number of carbonyl (C=O) groups excluding carboxylic acids is 2. The van der Waals surface area contributed by atoms with E-state index in [-0.39, 0.29) is 17.9 Å². The molecular formula is C17H22BrN3O2. The van der Waals surface area contributed by atoms with Crippen LogP contribution in [0.15, 0.2) is 28.7 Å². The minimum absolute atomic E-state index is 0.0623. The van der Waals surface area contributed by atoms with Crippen LogP contribution in [0, 0.1) is 0 Å². The van der Waals surface area contributed by atoms with E-state index in [1.807, 2.05) is 36.1 Å². The van der Waals surface area contributed by atoms with Crippen molar-refractivity contribution in [3.63, 3.8) is 0 Å². The molecule has 1 heterocycles. The Morgan fingerprint density at radius 3 is 2.30 bits per heavy atom. The average molecular weight is 380 g/mol. The average Bonchev–Trinajstić information content (AvgIpc) is 3.38. The molecule has 2 fully saturated rings. The molecule has 1 aliphatic heterocycles. The van der Waals surface area contributed by atoms with Crippen LogP contribution in [-0.2, 0) is 4.79 Å². The van der Waals surface area contributed by atoms with Gasteiger partial charge in [0.15, 0.2) is 0 Å². The van der Waals surface area contributed by atoms with Gasteiger partial charge in [-0.25, -0.2) is 0 Å². The fraction of sp³-hybridized carbons (Fsp3) is 0.529. The van der Waals surface area contributed by atoms with E-state index < -0.39 is 0 Å². The first-order valence-corrected chi connectivity index (χ1v) is 8.93. The fourth-order valence-electron chi connectivity index (χ4n) is 2.80. The van der Waals surface area contributed by atoms with Crippen LogP contribution in [0.4, 0.5) is 0 Å². The monoisotopic (exact) mass is 379 g/mol. The van der Waals surface area contributed by atoms with Crippen LogP contribution in [0.3, 0.4) is 0 Å². The zero-order chi connectivity index (χ0) is 16.4. The Labute approximate surface area is 145 Å². The van der Waals surface area contributed by atoms with Crippen molar-refractivity contribution in [2.24, 2.45) is 0 Å². The predicted molar refractivity (Wildman–Crippen MR) is 92.2 cm³/mol. The summed E-state index contributed by atoms with van der Waals surface area (Å²) < 4.78 is 0.967. The lowest BCUT2D eigenvalue weighted by Gasteiger charge is -2.37. The van der Waals surface area contributed by atoms with Gasteiger partial charge in [-0.15, -0.1) is 0 Å². The van der Waals surface area contributed by atoms with Crippen molar-refractivity contribution in [3.05, 3.63) is 34.3 Å². The molecular weight excluding hydrogens is 358 g/mol. The summed E-state index contributed by atoms with van der Waals surface area (Å²) >= 11 is 3.38. The van der Waals surface area contributed by atoms with Crippen LogP contribution in [-0.4, -0.2) is 59.9 Å². The second-order valence-electron chi connectivity index (χ2n) is 6.29. The molecule has 5 nitrogen and oxygen atoms in total. The molecule has 1 aromatic carbocycles. The standard InChI is InChI=1S/C17H22BrN3O2/c1-12(16(22)19-15-6-7-15)20-8-10-21(11-9-20)17(23)13-2-4-14(18)5-3-13/h2-5,12,15H,6-11H2,1H3,(H,19,22). The van der Waals surface area contributed by atoms with Gasteiger partial charge in [-0.05, 0) is 44.0 Å². The van der Waals surface area contributed by atoms with Crippen molar-refractivity contribution in [3.8, 4) is 0 Å². The first-order chi connectivity index (χ1) is 11.0. The van der Waals surface area contributed by atoms with Crippen LogP contribution in [0.2, 0.25) is 0 Å². The summed E-state index contributed by atoms with van der Waals surface area (Å²) in [5, 5.41) is 3.05. The van der Waals surface area contributed by atoms with Gasteiger partial charge >= 0.3 is 0 Å². The van der Waals surface area contributed by atoms with Gasteiger partial charge in [0.2, 0.25) is 5.91 Å². The number of nitrogens with zero attached hydrogens (tertiary/aromatic N) is 2. The maximum Gasteiger partial charge on any atom is 0.253 e. The van der Waals surface area contributed by atoms with Crippen molar-refractivity contribution in [1.82, 2.24) is 15.1 Å². The predicted octanol–water partition coefficient (Wildman–Crippen LogP) is 1.87. The highest BCUT2D eigenvalue weighted by molar-refractivity contribution is 9.10.